The summed E-state index contributed by atoms with van der Waals surface area (Å²) in [6.45, 7) is 6.13. The summed E-state index contributed by atoms with van der Waals surface area (Å²) >= 11 is 3.39. The van der Waals surface area contributed by atoms with Gasteiger partial charge >= 0.3 is 0 Å². The summed E-state index contributed by atoms with van der Waals surface area (Å²) in [6.07, 6.45) is 1.10. The first-order valence-corrected chi connectivity index (χ1v) is 9.10. The summed E-state index contributed by atoms with van der Waals surface area (Å²) in [5.41, 5.74) is 5.47. The minimum Gasteiger partial charge on any atom is -0.484 e. The van der Waals surface area contributed by atoms with Crippen LogP contribution in [-0.4, -0.2) is 18.2 Å². The highest BCUT2D eigenvalue weighted by Gasteiger charge is 2.05. The Bertz CT molecular complexity index is 724. The van der Waals surface area contributed by atoms with Crippen LogP contribution >= 0.6 is 15.9 Å². The lowest BCUT2D eigenvalue weighted by Gasteiger charge is -2.10. The maximum atomic E-state index is 11.9. The Labute approximate surface area is 157 Å². The van der Waals surface area contributed by atoms with Gasteiger partial charge in [0.1, 0.15) is 5.75 Å². The molecule has 2 aromatic rings. The lowest BCUT2D eigenvalue weighted by molar-refractivity contribution is -0.123. The van der Waals surface area contributed by atoms with Crippen molar-refractivity contribution in [2.75, 3.05) is 6.61 Å². The third-order valence-corrected chi connectivity index (χ3v) is 4.57. The van der Waals surface area contributed by atoms with Crippen molar-refractivity contribution in [2.24, 2.45) is 5.10 Å². The SMILES string of the molecule is CCC(C)c1ccc(OCC(=O)N/N=C(\C)c2ccc(Br)cc2)cc1. The number of ether oxygens (including phenoxy) is 1. The molecule has 0 fully saturated rings. The summed E-state index contributed by atoms with van der Waals surface area (Å²) < 4.78 is 6.50. The van der Waals surface area contributed by atoms with E-state index in [4.69, 9.17) is 4.74 Å². The third kappa shape index (κ3) is 6.02. The molecule has 1 N–H and O–H groups in total. The van der Waals surface area contributed by atoms with Gasteiger partial charge < -0.3 is 4.74 Å². The number of carbonyl (C=O) groups excluding carboxylic acids is 1. The predicted octanol–water partition coefficient (Wildman–Crippen LogP) is 4.88. The van der Waals surface area contributed by atoms with E-state index in [1.165, 1.54) is 5.56 Å². The highest BCUT2D eigenvalue weighted by molar-refractivity contribution is 9.10. The summed E-state index contributed by atoms with van der Waals surface area (Å²) in [6, 6.07) is 15.6. The van der Waals surface area contributed by atoms with Crippen LogP contribution in [0.3, 0.4) is 0 Å². The van der Waals surface area contributed by atoms with Crippen molar-refractivity contribution in [3.05, 3.63) is 64.1 Å². The molecule has 0 aromatic heterocycles. The van der Waals surface area contributed by atoms with Gasteiger partial charge in [0.2, 0.25) is 0 Å². The van der Waals surface area contributed by atoms with E-state index >= 15 is 0 Å². The summed E-state index contributed by atoms with van der Waals surface area (Å²) in [7, 11) is 0. The number of amides is 1. The summed E-state index contributed by atoms with van der Waals surface area (Å²) in [5.74, 6) is 0.909. The van der Waals surface area contributed by atoms with E-state index in [2.05, 4.69) is 40.3 Å². The number of carbonyl (C=O) groups is 1. The van der Waals surface area contributed by atoms with Gasteiger partial charge in [0.05, 0.1) is 5.71 Å². The number of nitrogens with one attached hydrogen (secondary N) is 1. The van der Waals surface area contributed by atoms with E-state index in [1.54, 1.807) is 0 Å². The van der Waals surface area contributed by atoms with E-state index in [0.717, 1.165) is 22.2 Å². The molecule has 0 saturated carbocycles. The number of hydrogen-bond acceptors (Lipinski definition) is 3. The van der Waals surface area contributed by atoms with Crippen molar-refractivity contribution in [1.29, 1.82) is 0 Å². The van der Waals surface area contributed by atoms with Gasteiger partial charge in [0.25, 0.3) is 5.91 Å². The van der Waals surface area contributed by atoms with Crippen LogP contribution in [0, 0.1) is 0 Å². The average Bonchev–Trinajstić information content (AvgIpc) is 2.64. The molecule has 0 aliphatic carbocycles. The maximum absolute atomic E-state index is 11.9. The van der Waals surface area contributed by atoms with E-state index in [-0.39, 0.29) is 12.5 Å². The average molecular weight is 403 g/mol. The smallest absolute Gasteiger partial charge is 0.277 e. The largest absolute Gasteiger partial charge is 0.484 e. The molecule has 0 bridgehead atoms. The van der Waals surface area contributed by atoms with Crippen LogP contribution in [0.2, 0.25) is 0 Å². The first kappa shape index (κ1) is 19.2. The Balaban J connectivity index is 1.84. The highest BCUT2D eigenvalue weighted by atomic mass is 79.9. The minimum absolute atomic E-state index is 0.0696. The van der Waals surface area contributed by atoms with Crippen molar-refractivity contribution in [3.63, 3.8) is 0 Å². The Morgan fingerprint density at radius 1 is 1.16 bits per heavy atom. The number of benzene rings is 2. The Morgan fingerprint density at radius 2 is 1.80 bits per heavy atom. The molecule has 0 heterocycles. The fourth-order valence-corrected chi connectivity index (χ4v) is 2.48. The standard InChI is InChI=1S/C20H23BrN2O2/c1-4-14(2)16-7-11-19(12-8-16)25-13-20(24)23-22-15(3)17-5-9-18(21)10-6-17/h5-12,14H,4,13H2,1-3H3,(H,23,24)/b22-15+. The number of halogens is 1. The molecular weight excluding hydrogens is 380 g/mol. The van der Waals surface area contributed by atoms with Crippen molar-refractivity contribution >= 4 is 27.5 Å². The zero-order valence-electron chi connectivity index (χ0n) is 14.8. The molecular formula is C20H23BrN2O2. The van der Waals surface area contributed by atoms with Crippen molar-refractivity contribution in [1.82, 2.24) is 5.43 Å². The molecule has 0 spiro atoms. The zero-order valence-corrected chi connectivity index (χ0v) is 16.3. The van der Waals surface area contributed by atoms with Crippen molar-refractivity contribution < 1.29 is 9.53 Å². The molecule has 1 unspecified atom stereocenters. The van der Waals surface area contributed by atoms with E-state index in [0.29, 0.717) is 11.7 Å². The maximum Gasteiger partial charge on any atom is 0.277 e. The number of hydrogen-bond donors (Lipinski definition) is 1. The Kier molecular flexibility index (Phi) is 7.19. The Morgan fingerprint density at radius 3 is 2.40 bits per heavy atom. The molecule has 0 aliphatic rings. The van der Waals surface area contributed by atoms with E-state index < -0.39 is 0 Å². The molecule has 25 heavy (non-hydrogen) atoms. The molecule has 5 heteroatoms. The zero-order chi connectivity index (χ0) is 18.2. The van der Waals surface area contributed by atoms with Crippen molar-refractivity contribution in [2.45, 2.75) is 33.1 Å². The van der Waals surface area contributed by atoms with Crippen LogP contribution in [0.15, 0.2) is 58.1 Å². The molecule has 4 nitrogen and oxygen atoms in total. The quantitative estimate of drug-likeness (QED) is 0.529. The summed E-state index contributed by atoms with van der Waals surface area (Å²) in [4.78, 5) is 11.9. The molecule has 1 amide bonds. The van der Waals surface area contributed by atoms with Gasteiger partial charge in [-0.2, -0.15) is 5.10 Å². The monoisotopic (exact) mass is 402 g/mol. The fourth-order valence-electron chi connectivity index (χ4n) is 2.21. The molecule has 0 aliphatic heterocycles. The van der Waals surface area contributed by atoms with Crippen LogP contribution in [0.1, 0.15) is 44.2 Å². The minimum atomic E-state index is -0.289. The van der Waals surface area contributed by atoms with Gasteiger partial charge in [0, 0.05) is 4.47 Å². The Hall–Kier alpha value is -2.14. The van der Waals surface area contributed by atoms with Crippen LogP contribution in [0.4, 0.5) is 0 Å². The number of nitrogens with zero attached hydrogens (tertiary/aromatic N) is 1. The topological polar surface area (TPSA) is 50.7 Å². The van der Waals surface area contributed by atoms with E-state index in [9.17, 15) is 4.79 Å². The molecule has 2 aromatic carbocycles. The van der Waals surface area contributed by atoms with Crippen LogP contribution in [-0.2, 0) is 4.79 Å². The van der Waals surface area contributed by atoms with Crippen LogP contribution < -0.4 is 10.2 Å². The second kappa shape index (κ2) is 9.37. The van der Waals surface area contributed by atoms with Gasteiger partial charge in [-0.15, -0.1) is 0 Å². The van der Waals surface area contributed by atoms with Crippen LogP contribution in [0.5, 0.6) is 5.75 Å². The van der Waals surface area contributed by atoms with Gasteiger partial charge in [-0.3, -0.25) is 4.79 Å². The molecule has 2 rings (SSSR count). The molecule has 0 saturated heterocycles. The normalized spacial score (nSPS) is 12.6. The summed E-state index contributed by atoms with van der Waals surface area (Å²) in [5, 5.41) is 4.11. The second-order valence-corrected chi connectivity index (χ2v) is 6.82. The van der Waals surface area contributed by atoms with E-state index in [1.807, 2.05) is 55.5 Å². The molecule has 1 atom stereocenters. The fraction of sp³-hybridized carbons (Fsp3) is 0.300. The van der Waals surface area contributed by atoms with Crippen LogP contribution in [0.25, 0.3) is 0 Å². The lowest BCUT2D eigenvalue weighted by Crippen LogP contribution is -2.25. The highest BCUT2D eigenvalue weighted by Crippen LogP contribution is 2.21. The molecule has 132 valence electrons. The van der Waals surface area contributed by atoms with Gasteiger partial charge in [-0.1, -0.05) is 54.0 Å². The van der Waals surface area contributed by atoms with Gasteiger partial charge in [-0.05, 0) is 54.7 Å². The first-order valence-electron chi connectivity index (χ1n) is 8.31. The van der Waals surface area contributed by atoms with Gasteiger partial charge in [-0.25, -0.2) is 5.43 Å². The van der Waals surface area contributed by atoms with Crippen molar-refractivity contribution in [3.8, 4) is 5.75 Å². The van der Waals surface area contributed by atoms with Gasteiger partial charge in [0.15, 0.2) is 6.61 Å². The number of rotatable bonds is 7. The third-order valence-electron chi connectivity index (χ3n) is 4.04. The number of hydrazone groups is 1. The first-order chi connectivity index (χ1) is 12.0. The second-order valence-electron chi connectivity index (χ2n) is 5.91. The molecule has 0 radical (unpaired) electrons. The lowest BCUT2D eigenvalue weighted by atomic mass is 9.99. The predicted molar refractivity (Wildman–Crippen MR) is 105 cm³/mol.